The van der Waals surface area contributed by atoms with Crippen molar-refractivity contribution < 1.29 is 22.3 Å². The van der Waals surface area contributed by atoms with Crippen LogP contribution in [0, 0.1) is 5.82 Å². The predicted molar refractivity (Wildman–Crippen MR) is 68.9 cm³/mol. The van der Waals surface area contributed by atoms with Crippen molar-refractivity contribution in [3.8, 4) is 0 Å². The van der Waals surface area contributed by atoms with Gasteiger partial charge in [-0.2, -0.15) is 13.2 Å². The second-order valence-electron chi connectivity index (χ2n) is 4.42. The fourth-order valence-corrected chi connectivity index (χ4v) is 1.99. The molecule has 0 aromatic heterocycles. The van der Waals surface area contributed by atoms with Crippen molar-refractivity contribution in [1.82, 2.24) is 5.32 Å². The third-order valence-corrected chi connectivity index (χ3v) is 3.03. The normalized spacial score (nSPS) is 13.5. The van der Waals surface area contributed by atoms with Crippen LogP contribution in [0.25, 0.3) is 0 Å². The summed E-state index contributed by atoms with van der Waals surface area (Å²) in [5.41, 5.74) is -0.794. The Morgan fingerprint density at radius 3 is 2.55 bits per heavy atom. The van der Waals surface area contributed by atoms with Gasteiger partial charge < -0.3 is 10.1 Å². The number of alkyl halides is 3. The molecule has 0 aliphatic rings. The van der Waals surface area contributed by atoms with Gasteiger partial charge in [0.25, 0.3) is 0 Å². The van der Waals surface area contributed by atoms with Gasteiger partial charge in [0.2, 0.25) is 0 Å². The molecule has 1 aromatic carbocycles. The molecule has 0 spiro atoms. The number of halogens is 4. The van der Waals surface area contributed by atoms with Crippen molar-refractivity contribution in [2.24, 2.45) is 0 Å². The third-order valence-electron chi connectivity index (χ3n) is 3.03. The largest absolute Gasteiger partial charge is 0.419 e. The standard InChI is InChI=1S/C14H19F4NO/c1-3-20-8-4-5-13(19-2)10-6-7-12(15)11(9-10)14(16,17)18/h6-7,9,13,19H,3-5,8H2,1-2H3. The van der Waals surface area contributed by atoms with Gasteiger partial charge in [0.05, 0.1) is 5.56 Å². The molecule has 0 radical (unpaired) electrons. The van der Waals surface area contributed by atoms with Crippen LogP contribution in [0.5, 0.6) is 0 Å². The maximum absolute atomic E-state index is 13.2. The van der Waals surface area contributed by atoms with Crippen molar-refractivity contribution >= 4 is 0 Å². The van der Waals surface area contributed by atoms with Crippen LogP contribution in [0.3, 0.4) is 0 Å². The maximum Gasteiger partial charge on any atom is 0.419 e. The van der Waals surface area contributed by atoms with E-state index in [4.69, 9.17) is 4.74 Å². The summed E-state index contributed by atoms with van der Waals surface area (Å²) >= 11 is 0. The third kappa shape index (κ3) is 4.76. The molecule has 1 unspecified atom stereocenters. The maximum atomic E-state index is 13.2. The summed E-state index contributed by atoms with van der Waals surface area (Å²) in [4.78, 5) is 0. The van der Waals surface area contributed by atoms with Gasteiger partial charge in [0, 0.05) is 19.3 Å². The Balaban J connectivity index is 2.82. The number of hydrogen-bond acceptors (Lipinski definition) is 2. The van der Waals surface area contributed by atoms with Crippen molar-refractivity contribution in [3.63, 3.8) is 0 Å². The van der Waals surface area contributed by atoms with E-state index in [1.165, 1.54) is 6.07 Å². The average Bonchev–Trinajstić information content (AvgIpc) is 2.39. The Morgan fingerprint density at radius 1 is 1.30 bits per heavy atom. The topological polar surface area (TPSA) is 21.3 Å². The highest BCUT2D eigenvalue weighted by molar-refractivity contribution is 5.29. The first-order chi connectivity index (χ1) is 9.40. The van der Waals surface area contributed by atoms with Crippen molar-refractivity contribution in [3.05, 3.63) is 35.1 Å². The van der Waals surface area contributed by atoms with Crippen LogP contribution in [-0.4, -0.2) is 20.3 Å². The predicted octanol–water partition coefficient (Wildman–Crippen LogP) is 3.92. The molecule has 114 valence electrons. The quantitative estimate of drug-likeness (QED) is 0.607. The van der Waals surface area contributed by atoms with E-state index in [0.29, 0.717) is 25.2 Å². The van der Waals surface area contributed by atoms with E-state index in [-0.39, 0.29) is 6.04 Å². The van der Waals surface area contributed by atoms with Gasteiger partial charge in [-0.15, -0.1) is 0 Å². The van der Waals surface area contributed by atoms with Gasteiger partial charge in [0.15, 0.2) is 0 Å². The Hall–Kier alpha value is -1.14. The van der Waals surface area contributed by atoms with Crippen molar-refractivity contribution in [1.29, 1.82) is 0 Å². The van der Waals surface area contributed by atoms with Crippen LogP contribution >= 0.6 is 0 Å². The lowest BCUT2D eigenvalue weighted by Crippen LogP contribution is -2.18. The molecule has 0 aliphatic carbocycles. The zero-order valence-electron chi connectivity index (χ0n) is 11.6. The second kappa shape index (κ2) is 7.59. The molecular weight excluding hydrogens is 274 g/mol. The smallest absolute Gasteiger partial charge is 0.382 e. The van der Waals surface area contributed by atoms with E-state index in [2.05, 4.69) is 5.32 Å². The Labute approximate surface area is 116 Å². The molecule has 0 saturated heterocycles. The van der Waals surface area contributed by atoms with E-state index in [9.17, 15) is 17.6 Å². The summed E-state index contributed by atoms with van der Waals surface area (Å²) in [5.74, 6) is -1.24. The molecule has 0 fully saturated rings. The Bertz CT molecular complexity index is 420. The SMILES string of the molecule is CCOCCCC(NC)c1ccc(F)c(C(F)(F)F)c1. The highest BCUT2D eigenvalue weighted by Crippen LogP contribution is 2.33. The van der Waals surface area contributed by atoms with Gasteiger partial charge in [0.1, 0.15) is 5.82 Å². The lowest BCUT2D eigenvalue weighted by molar-refractivity contribution is -0.140. The molecule has 0 saturated carbocycles. The van der Waals surface area contributed by atoms with Crippen LogP contribution in [0.2, 0.25) is 0 Å². The van der Waals surface area contributed by atoms with Crippen LogP contribution < -0.4 is 5.32 Å². The zero-order chi connectivity index (χ0) is 15.2. The summed E-state index contributed by atoms with van der Waals surface area (Å²) in [7, 11) is 1.67. The minimum absolute atomic E-state index is 0.253. The fraction of sp³-hybridized carbons (Fsp3) is 0.571. The lowest BCUT2D eigenvalue weighted by atomic mass is 9.99. The minimum atomic E-state index is -4.68. The van der Waals surface area contributed by atoms with Crippen LogP contribution in [0.15, 0.2) is 18.2 Å². The highest BCUT2D eigenvalue weighted by Gasteiger charge is 2.34. The molecule has 0 amide bonds. The van der Waals surface area contributed by atoms with Crippen molar-refractivity contribution in [2.45, 2.75) is 32.0 Å². The summed E-state index contributed by atoms with van der Waals surface area (Å²) < 4.78 is 56.4. The molecule has 0 aliphatic heterocycles. The first-order valence-corrected chi connectivity index (χ1v) is 6.51. The van der Waals surface area contributed by atoms with Gasteiger partial charge in [-0.1, -0.05) is 6.07 Å². The van der Waals surface area contributed by atoms with Gasteiger partial charge >= 0.3 is 6.18 Å². The van der Waals surface area contributed by atoms with Crippen molar-refractivity contribution in [2.75, 3.05) is 20.3 Å². The molecular formula is C14H19F4NO. The fourth-order valence-electron chi connectivity index (χ4n) is 1.99. The molecule has 1 aromatic rings. The second-order valence-corrected chi connectivity index (χ2v) is 4.42. The lowest BCUT2D eigenvalue weighted by Gasteiger charge is -2.18. The summed E-state index contributed by atoms with van der Waals surface area (Å²) in [5, 5.41) is 2.95. The molecule has 2 nitrogen and oxygen atoms in total. The Morgan fingerprint density at radius 2 is 2.00 bits per heavy atom. The molecule has 1 atom stereocenters. The first kappa shape index (κ1) is 16.9. The van der Waals surface area contributed by atoms with E-state index in [1.807, 2.05) is 6.92 Å². The Kier molecular flexibility index (Phi) is 6.42. The number of ether oxygens (including phenoxy) is 1. The highest BCUT2D eigenvalue weighted by atomic mass is 19.4. The van der Waals surface area contributed by atoms with Gasteiger partial charge in [-0.05, 0) is 44.5 Å². The first-order valence-electron chi connectivity index (χ1n) is 6.51. The molecule has 20 heavy (non-hydrogen) atoms. The van der Waals surface area contributed by atoms with E-state index in [1.54, 1.807) is 7.05 Å². The average molecular weight is 293 g/mol. The number of rotatable bonds is 7. The van der Waals surface area contributed by atoms with E-state index >= 15 is 0 Å². The van der Waals surface area contributed by atoms with Gasteiger partial charge in [-0.3, -0.25) is 0 Å². The molecule has 1 rings (SSSR count). The molecule has 1 N–H and O–H groups in total. The molecule has 6 heteroatoms. The van der Waals surface area contributed by atoms with Crippen LogP contribution in [0.4, 0.5) is 17.6 Å². The molecule has 0 heterocycles. The number of hydrogen-bond donors (Lipinski definition) is 1. The van der Waals surface area contributed by atoms with Gasteiger partial charge in [-0.25, -0.2) is 4.39 Å². The summed E-state index contributed by atoms with van der Waals surface area (Å²) in [6.45, 7) is 3.05. The van der Waals surface area contributed by atoms with E-state index < -0.39 is 17.6 Å². The number of benzene rings is 1. The van der Waals surface area contributed by atoms with Crippen LogP contribution in [-0.2, 0) is 10.9 Å². The summed E-state index contributed by atoms with van der Waals surface area (Å²) in [6, 6.07) is 2.87. The zero-order valence-corrected chi connectivity index (χ0v) is 11.6. The van der Waals surface area contributed by atoms with Crippen LogP contribution in [0.1, 0.15) is 36.9 Å². The molecule has 0 bridgehead atoms. The van der Waals surface area contributed by atoms with E-state index in [0.717, 1.165) is 18.6 Å². The monoisotopic (exact) mass is 293 g/mol. The minimum Gasteiger partial charge on any atom is -0.382 e. The summed E-state index contributed by atoms with van der Waals surface area (Å²) in [6.07, 6.45) is -3.33. The number of nitrogens with one attached hydrogen (secondary N) is 1.